The van der Waals surface area contributed by atoms with Gasteiger partial charge in [0.05, 0.1) is 25.2 Å². The molecule has 0 atom stereocenters. The van der Waals surface area contributed by atoms with Crippen molar-refractivity contribution >= 4 is 11.8 Å². The standard InChI is InChI=1S/C22H22N2O6/c1-3-27-19-7-5-4-6-18(19)22-23-20(30-24-22)14-29-21(26)12-13-28-17-10-8-16(9-11-17)15(2)25/h4-11H,3,12-14H2,1-2H3. The van der Waals surface area contributed by atoms with Gasteiger partial charge in [0.2, 0.25) is 5.82 Å². The minimum absolute atomic E-state index is 0.0179. The number of nitrogens with zero attached hydrogens (tertiary/aromatic N) is 2. The Morgan fingerprint density at radius 3 is 2.53 bits per heavy atom. The van der Waals surface area contributed by atoms with Crippen LogP contribution in [0.25, 0.3) is 11.4 Å². The molecule has 2 aromatic carbocycles. The summed E-state index contributed by atoms with van der Waals surface area (Å²) >= 11 is 0. The van der Waals surface area contributed by atoms with Crippen LogP contribution < -0.4 is 9.47 Å². The molecule has 0 aliphatic rings. The molecule has 0 aliphatic carbocycles. The number of esters is 1. The number of carbonyl (C=O) groups is 2. The fourth-order valence-electron chi connectivity index (χ4n) is 2.61. The van der Waals surface area contributed by atoms with Crippen LogP contribution in [0.4, 0.5) is 0 Å². The minimum atomic E-state index is -0.454. The third-order valence-electron chi connectivity index (χ3n) is 4.09. The van der Waals surface area contributed by atoms with Gasteiger partial charge in [0.25, 0.3) is 5.89 Å². The minimum Gasteiger partial charge on any atom is -0.493 e. The van der Waals surface area contributed by atoms with E-state index in [1.54, 1.807) is 24.3 Å². The van der Waals surface area contributed by atoms with Crippen LogP contribution in [0, 0.1) is 0 Å². The van der Waals surface area contributed by atoms with Crippen molar-refractivity contribution < 1.29 is 28.3 Å². The second kappa shape index (κ2) is 10.2. The van der Waals surface area contributed by atoms with E-state index in [-0.39, 0.29) is 31.3 Å². The summed E-state index contributed by atoms with van der Waals surface area (Å²) in [5.74, 6) is 1.30. The van der Waals surface area contributed by atoms with E-state index in [1.165, 1.54) is 6.92 Å². The van der Waals surface area contributed by atoms with E-state index in [9.17, 15) is 9.59 Å². The lowest BCUT2D eigenvalue weighted by atomic mass is 10.1. The molecule has 156 valence electrons. The van der Waals surface area contributed by atoms with Crippen molar-refractivity contribution in [2.75, 3.05) is 13.2 Å². The van der Waals surface area contributed by atoms with Crippen LogP contribution in [0.2, 0.25) is 0 Å². The number of hydrogen-bond donors (Lipinski definition) is 0. The molecule has 0 aliphatic heterocycles. The number of hydrogen-bond acceptors (Lipinski definition) is 8. The average Bonchev–Trinajstić information content (AvgIpc) is 3.22. The first-order valence-corrected chi connectivity index (χ1v) is 9.51. The molecule has 8 nitrogen and oxygen atoms in total. The number of Topliss-reactive ketones (excluding diaryl/α,β-unsaturated/α-hetero) is 1. The van der Waals surface area contributed by atoms with Gasteiger partial charge in [-0.3, -0.25) is 9.59 Å². The van der Waals surface area contributed by atoms with E-state index in [0.717, 1.165) is 0 Å². The van der Waals surface area contributed by atoms with Crippen LogP contribution in [0.15, 0.2) is 53.1 Å². The first kappa shape index (κ1) is 21.0. The lowest BCUT2D eigenvalue weighted by Gasteiger charge is -2.06. The third-order valence-corrected chi connectivity index (χ3v) is 4.09. The Bertz CT molecular complexity index is 997. The van der Waals surface area contributed by atoms with Crippen molar-refractivity contribution in [2.24, 2.45) is 0 Å². The van der Waals surface area contributed by atoms with E-state index in [2.05, 4.69) is 10.1 Å². The fourth-order valence-corrected chi connectivity index (χ4v) is 2.61. The van der Waals surface area contributed by atoms with Crippen LogP contribution in [0.1, 0.15) is 36.5 Å². The maximum absolute atomic E-state index is 11.9. The van der Waals surface area contributed by atoms with E-state index in [1.807, 2.05) is 31.2 Å². The van der Waals surface area contributed by atoms with Gasteiger partial charge >= 0.3 is 5.97 Å². The van der Waals surface area contributed by atoms with Crippen LogP contribution in [-0.2, 0) is 16.1 Å². The summed E-state index contributed by atoms with van der Waals surface area (Å²) in [5, 5.41) is 3.92. The number of ether oxygens (including phenoxy) is 3. The summed E-state index contributed by atoms with van der Waals surface area (Å²) in [6.07, 6.45) is 0.0582. The highest BCUT2D eigenvalue weighted by Crippen LogP contribution is 2.27. The van der Waals surface area contributed by atoms with Crippen molar-refractivity contribution in [3.05, 3.63) is 60.0 Å². The number of benzene rings is 2. The Kier molecular flexibility index (Phi) is 7.15. The third kappa shape index (κ3) is 5.66. The summed E-state index contributed by atoms with van der Waals surface area (Å²) in [4.78, 5) is 27.4. The molecule has 0 saturated carbocycles. The summed E-state index contributed by atoms with van der Waals surface area (Å²) in [6.45, 7) is 3.92. The molecule has 0 N–H and O–H groups in total. The van der Waals surface area contributed by atoms with Crippen molar-refractivity contribution in [1.82, 2.24) is 10.1 Å². The molecule has 1 aromatic heterocycles. The number of ketones is 1. The highest BCUT2D eigenvalue weighted by Gasteiger charge is 2.14. The van der Waals surface area contributed by atoms with Crippen LogP contribution in [0.3, 0.4) is 0 Å². The zero-order valence-corrected chi connectivity index (χ0v) is 16.8. The molecule has 0 radical (unpaired) electrons. The fraction of sp³-hybridized carbons (Fsp3) is 0.273. The molecule has 1 heterocycles. The molecule has 0 amide bonds. The first-order valence-electron chi connectivity index (χ1n) is 9.51. The predicted molar refractivity (Wildman–Crippen MR) is 107 cm³/mol. The zero-order chi connectivity index (χ0) is 21.3. The van der Waals surface area contributed by atoms with Crippen LogP contribution in [-0.4, -0.2) is 35.1 Å². The van der Waals surface area contributed by atoms with Gasteiger partial charge in [-0.05, 0) is 50.2 Å². The van der Waals surface area contributed by atoms with E-state index in [0.29, 0.717) is 35.1 Å². The molecule has 0 fully saturated rings. The van der Waals surface area contributed by atoms with E-state index in [4.69, 9.17) is 18.7 Å². The Hall–Kier alpha value is -3.68. The highest BCUT2D eigenvalue weighted by atomic mass is 16.6. The molecule has 0 saturated heterocycles. The van der Waals surface area contributed by atoms with Gasteiger partial charge in [0.15, 0.2) is 12.4 Å². The van der Waals surface area contributed by atoms with Crippen molar-refractivity contribution in [2.45, 2.75) is 26.9 Å². The Morgan fingerprint density at radius 1 is 1.03 bits per heavy atom. The molecule has 0 bridgehead atoms. The predicted octanol–water partition coefficient (Wildman–Crippen LogP) is 3.85. The van der Waals surface area contributed by atoms with Crippen LogP contribution in [0.5, 0.6) is 11.5 Å². The van der Waals surface area contributed by atoms with Gasteiger partial charge < -0.3 is 18.7 Å². The van der Waals surface area contributed by atoms with Crippen LogP contribution >= 0.6 is 0 Å². The van der Waals surface area contributed by atoms with E-state index < -0.39 is 5.97 Å². The van der Waals surface area contributed by atoms with Gasteiger partial charge in [0.1, 0.15) is 11.5 Å². The lowest BCUT2D eigenvalue weighted by Crippen LogP contribution is -2.10. The number of carbonyl (C=O) groups excluding carboxylic acids is 2. The van der Waals surface area contributed by atoms with Crippen molar-refractivity contribution in [3.63, 3.8) is 0 Å². The number of rotatable bonds is 10. The maximum Gasteiger partial charge on any atom is 0.309 e. The van der Waals surface area contributed by atoms with Gasteiger partial charge in [0, 0.05) is 5.56 Å². The number of aromatic nitrogens is 2. The Morgan fingerprint density at radius 2 is 1.80 bits per heavy atom. The van der Waals surface area contributed by atoms with Crippen molar-refractivity contribution in [1.29, 1.82) is 0 Å². The summed E-state index contributed by atoms with van der Waals surface area (Å²) in [6, 6.07) is 14.1. The molecule has 3 aromatic rings. The monoisotopic (exact) mass is 410 g/mol. The van der Waals surface area contributed by atoms with Gasteiger partial charge in [-0.15, -0.1) is 0 Å². The largest absolute Gasteiger partial charge is 0.493 e. The van der Waals surface area contributed by atoms with Gasteiger partial charge in [-0.25, -0.2) is 0 Å². The normalized spacial score (nSPS) is 10.5. The SMILES string of the molecule is CCOc1ccccc1-c1noc(COC(=O)CCOc2ccc(C(C)=O)cc2)n1. The van der Waals surface area contributed by atoms with Gasteiger partial charge in [-0.2, -0.15) is 4.98 Å². The molecular weight excluding hydrogens is 388 g/mol. The number of para-hydroxylation sites is 1. The summed E-state index contributed by atoms with van der Waals surface area (Å²) < 4.78 is 21.4. The van der Waals surface area contributed by atoms with Crippen molar-refractivity contribution in [3.8, 4) is 22.9 Å². The smallest absolute Gasteiger partial charge is 0.309 e. The molecule has 8 heteroatoms. The zero-order valence-electron chi connectivity index (χ0n) is 16.8. The highest BCUT2D eigenvalue weighted by molar-refractivity contribution is 5.94. The molecular formula is C22H22N2O6. The Labute approximate surface area is 173 Å². The Balaban J connectivity index is 1.46. The first-order chi connectivity index (χ1) is 14.6. The lowest BCUT2D eigenvalue weighted by molar-refractivity contribution is -0.146. The quantitative estimate of drug-likeness (QED) is 0.367. The second-order valence-corrected chi connectivity index (χ2v) is 6.28. The molecule has 3 rings (SSSR count). The molecule has 30 heavy (non-hydrogen) atoms. The van der Waals surface area contributed by atoms with Gasteiger partial charge in [-0.1, -0.05) is 17.3 Å². The second-order valence-electron chi connectivity index (χ2n) is 6.28. The van der Waals surface area contributed by atoms with E-state index >= 15 is 0 Å². The summed E-state index contributed by atoms with van der Waals surface area (Å²) in [5.41, 5.74) is 1.30. The topological polar surface area (TPSA) is 101 Å². The summed E-state index contributed by atoms with van der Waals surface area (Å²) in [7, 11) is 0. The maximum atomic E-state index is 11.9. The molecule has 0 spiro atoms. The molecule has 0 unspecified atom stereocenters. The average molecular weight is 410 g/mol.